The highest BCUT2D eigenvalue weighted by molar-refractivity contribution is 6.06. The van der Waals surface area contributed by atoms with Crippen molar-refractivity contribution in [2.24, 2.45) is 0 Å². The van der Waals surface area contributed by atoms with E-state index in [2.05, 4.69) is 25.5 Å². The third-order valence-corrected chi connectivity index (χ3v) is 4.46. The van der Waals surface area contributed by atoms with Gasteiger partial charge in [0.25, 0.3) is 5.91 Å². The summed E-state index contributed by atoms with van der Waals surface area (Å²) in [5, 5.41) is 9.18. The summed E-state index contributed by atoms with van der Waals surface area (Å²) in [6.45, 7) is 0.865. The number of H-pyrrole nitrogens is 2. The normalized spacial score (nSPS) is 12.9. The first-order valence-electron chi connectivity index (χ1n) is 8.69. The number of carbonyl (C=O) groups excluding carboxylic acids is 1. The first-order valence-corrected chi connectivity index (χ1v) is 8.69. The van der Waals surface area contributed by atoms with E-state index in [1.54, 1.807) is 12.1 Å². The number of carbonyl (C=O) groups is 1. The van der Waals surface area contributed by atoms with Crippen LogP contribution in [0.4, 0.5) is 14.5 Å². The van der Waals surface area contributed by atoms with Gasteiger partial charge in [-0.25, -0.2) is 13.8 Å². The second-order valence-corrected chi connectivity index (χ2v) is 6.27. The zero-order valence-electron chi connectivity index (χ0n) is 14.8. The molecule has 0 spiro atoms. The SMILES string of the molecule is O=C(Nc1c[nH]nc1-c1nc2c3c(ccc2[nH]1)OCCO3)c1c(F)cccc1F. The average Bonchev–Trinajstić information content (AvgIpc) is 3.34. The number of rotatable bonds is 3. The fourth-order valence-corrected chi connectivity index (χ4v) is 3.16. The molecule has 0 atom stereocenters. The lowest BCUT2D eigenvalue weighted by Gasteiger charge is -2.17. The van der Waals surface area contributed by atoms with Crippen LogP contribution in [0.15, 0.2) is 36.5 Å². The number of fused-ring (bicyclic) bond motifs is 3. The molecule has 1 aliphatic heterocycles. The number of imidazole rings is 1. The van der Waals surface area contributed by atoms with Crippen LogP contribution in [0.3, 0.4) is 0 Å². The van der Waals surface area contributed by atoms with Gasteiger partial charge in [0, 0.05) is 6.20 Å². The molecule has 3 N–H and O–H groups in total. The van der Waals surface area contributed by atoms with Crippen LogP contribution in [0.1, 0.15) is 10.4 Å². The van der Waals surface area contributed by atoms with Crippen molar-refractivity contribution in [3.8, 4) is 23.0 Å². The van der Waals surface area contributed by atoms with Gasteiger partial charge in [-0.05, 0) is 24.3 Å². The van der Waals surface area contributed by atoms with Crippen molar-refractivity contribution in [3.63, 3.8) is 0 Å². The predicted octanol–water partition coefficient (Wildman–Crippen LogP) is 3.25. The molecule has 1 amide bonds. The second kappa shape index (κ2) is 6.59. The smallest absolute Gasteiger partial charge is 0.261 e. The van der Waals surface area contributed by atoms with Crippen LogP contribution in [-0.2, 0) is 0 Å². The molecule has 5 rings (SSSR count). The number of amides is 1. The lowest BCUT2D eigenvalue weighted by atomic mass is 10.2. The monoisotopic (exact) mass is 397 g/mol. The van der Waals surface area contributed by atoms with Crippen molar-refractivity contribution < 1.29 is 23.0 Å². The van der Waals surface area contributed by atoms with Gasteiger partial charge in [-0.3, -0.25) is 9.89 Å². The summed E-state index contributed by atoms with van der Waals surface area (Å²) in [6, 6.07) is 6.77. The van der Waals surface area contributed by atoms with E-state index in [9.17, 15) is 13.6 Å². The van der Waals surface area contributed by atoms with Gasteiger partial charge in [0.2, 0.25) is 0 Å². The largest absolute Gasteiger partial charge is 0.486 e. The first-order chi connectivity index (χ1) is 14.1. The highest BCUT2D eigenvalue weighted by Crippen LogP contribution is 2.38. The minimum absolute atomic E-state index is 0.211. The highest BCUT2D eigenvalue weighted by atomic mass is 19.1. The Morgan fingerprint density at radius 2 is 1.90 bits per heavy atom. The molecular formula is C19H13F2N5O3. The third-order valence-electron chi connectivity index (χ3n) is 4.46. The summed E-state index contributed by atoms with van der Waals surface area (Å²) >= 11 is 0. The zero-order chi connectivity index (χ0) is 20.0. The van der Waals surface area contributed by atoms with Gasteiger partial charge in [0.15, 0.2) is 23.0 Å². The highest BCUT2D eigenvalue weighted by Gasteiger charge is 2.23. The quantitative estimate of drug-likeness (QED) is 0.492. The minimum atomic E-state index is -0.958. The number of anilines is 1. The van der Waals surface area contributed by atoms with Crippen molar-refractivity contribution in [1.82, 2.24) is 20.2 Å². The maximum absolute atomic E-state index is 13.9. The Bertz CT molecular complexity index is 1230. The summed E-state index contributed by atoms with van der Waals surface area (Å²) in [5.41, 5.74) is 1.05. The number of nitrogens with one attached hydrogen (secondary N) is 3. The van der Waals surface area contributed by atoms with E-state index in [0.717, 1.165) is 12.1 Å². The number of benzene rings is 2. The average molecular weight is 397 g/mol. The molecule has 0 unspecified atom stereocenters. The van der Waals surface area contributed by atoms with E-state index in [1.165, 1.54) is 12.3 Å². The lowest BCUT2D eigenvalue weighted by molar-refractivity contribution is 0.101. The number of ether oxygens (including phenoxy) is 2. The van der Waals surface area contributed by atoms with Crippen LogP contribution >= 0.6 is 0 Å². The molecule has 8 nitrogen and oxygen atoms in total. The van der Waals surface area contributed by atoms with Gasteiger partial charge in [0.1, 0.15) is 35.9 Å². The van der Waals surface area contributed by atoms with Crippen molar-refractivity contribution in [1.29, 1.82) is 0 Å². The van der Waals surface area contributed by atoms with Crippen molar-refractivity contribution in [2.45, 2.75) is 0 Å². The van der Waals surface area contributed by atoms with Crippen molar-refractivity contribution in [2.75, 3.05) is 18.5 Å². The summed E-state index contributed by atoms with van der Waals surface area (Å²) in [5.74, 6) is -1.40. The van der Waals surface area contributed by atoms with Gasteiger partial charge < -0.3 is 19.8 Å². The summed E-state index contributed by atoms with van der Waals surface area (Å²) in [7, 11) is 0. The predicted molar refractivity (Wildman–Crippen MR) is 99.0 cm³/mol. The number of hydrogen-bond donors (Lipinski definition) is 3. The topological polar surface area (TPSA) is 105 Å². The van der Waals surface area contributed by atoms with E-state index in [4.69, 9.17) is 9.47 Å². The van der Waals surface area contributed by atoms with Crippen LogP contribution in [-0.4, -0.2) is 39.3 Å². The molecule has 4 aromatic rings. The van der Waals surface area contributed by atoms with Gasteiger partial charge in [0.05, 0.1) is 11.2 Å². The second-order valence-electron chi connectivity index (χ2n) is 6.27. The lowest BCUT2D eigenvalue weighted by Crippen LogP contribution is -2.16. The molecule has 10 heteroatoms. The molecule has 0 saturated heterocycles. The molecule has 0 bridgehead atoms. The number of hydrogen-bond acceptors (Lipinski definition) is 5. The van der Waals surface area contributed by atoms with Crippen LogP contribution in [0.25, 0.3) is 22.6 Å². The number of halogens is 2. The molecule has 0 radical (unpaired) electrons. The molecule has 146 valence electrons. The van der Waals surface area contributed by atoms with E-state index in [-0.39, 0.29) is 11.4 Å². The van der Waals surface area contributed by atoms with E-state index in [0.29, 0.717) is 41.6 Å². The third kappa shape index (κ3) is 2.85. The van der Waals surface area contributed by atoms with E-state index >= 15 is 0 Å². The number of aromatic nitrogens is 4. The Morgan fingerprint density at radius 1 is 1.10 bits per heavy atom. The Labute approximate surface area is 161 Å². The Kier molecular flexibility index (Phi) is 3.90. The number of nitrogens with zero attached hydrogens (tertiary/aromatic N) is 2. The molecule has 3 heterocycles. The molecule has 2 aromatic carbocycles. The maximum atomic E-state index is 13.9. The van der Waals surface area contributed by atoms with Crippen LogP contribution < -0.4 is 14.8 Å². The Morgan fingerprint density at radius 3 is 2.72 bits per heavy atom. The van der Waals surface area contributed by atoms with Gasteiger partial charge >= 0.3 is 0 Å². The van der Waals surface area contributed by atoms with Gasteiger partial charge in [-0.2, -0.15) is 5.10 Å². The van der Waals surface area contributed by atoms with Gasteiger partial charge in [-0.1, -0.05) is 6.07 Å². The number of aromatic amines is 2. The molecule has 0 aliphatic carbocycles. The van der Waals surface area contributed by atoms with E-state index in [1.807, 2.05) is 0 Å². The zero-order valence-corrected chi connectivity index (χ0v) is 14.8. The first kappa shape index (κ1) is 17.2. The summed E-state index contributed by atoms with van der Waals surface area (Å²) in [4.78, 5) is 20.0. The van der Waals surface area contributed by atoms with Crippen LogP contribution in [0.2, 0.25) is 0 Å². The van der Waals surface area contributed by atoms with Gasteiger partial charge in [-0.15, -0.1) is 0 Å². The molecule has 0 saturated carbocycles. The standard InChI is InChI=1S/C19H13F2N5O3/c20-9-2-1-3-10(21)14(9)19(27)24-12-8-22-26-16(12)18-23-11-4-5-13-17(15(11)25-18)29-7-6-28-13/h1-5,8H,6-7H2,(H,22,26)(H,23,25)(H,24,27). The maximum Gasteiger partial charge on any atom is 0.261 e. The summed E-state index contributed by atoms with van der Waals surface area (Å²) < 4.78 is 39.0. The molecule has 2 aromatic heterocycles. The fourth-order valence-electron chi connectivity index (χ4n) is 3.16. The van der Waals surface area contributed by atoms with Crippen LogP contribution in [0.5, 0.6) is 11.5 Å². The molecule has 1 aliphatic rings. The Hall–Kier alpha value is -3.95. The van der Waals surface area contributed by atoms with Crippen LogP contribution in [0, 0.1) is 11.6 Å². The Balaban J connectivity index is 1.51. The fraction of sp³-hybridized carbons (Fsp3) is 0.105. The molecule has 29 heavy (non-hydrogen) atoms. The minimum Gasteiger partial charge on any atom is -0.486 e. The van der Waals surface area contributed by atoms with E-state index < -0.39 is 23.1 Å². The van der Waals surface area contributed by atoms with Crippen molar-refractivity contribution in [3.05, 3.63) is 53.7 Å². The molecular weight excluding hydrogens is 384 g/mol. The molecule has 0 fully saturated rings. The van der Waals surface area contributed by atoms with Crippen molar-refractivity contribution >= 4 is 22.6 Å². The summed E-state index contributed by atoms with van der Waals surface area (Å²) in [6.07, 6.45) is 1.40.